The van der Waals surface area contributed by atoms with Gasteiger partial charge in [-0.2, -0.15) is 17.7 Å². The monoisotopic (exact) mass is 726 g/mol. The summed E-state index contributed by atoms with van der Waals surface area (Å²) in [5.74, 6) is 0.502. The lowest BCUT2D eigenvalue weighted by atomic mass is 9.54. The second kappa shape index (κ2) is 14.1. The summed E-state index contributed by atoms with van der Waals surface area (Å²) >= 11 is 0. The second-order valence-corrected chi connectivity index (χ2v) is 16.5. The molecule has 2 aromatic heterocycles. The molecule has 0 saturated carbocycles. The quantitative estimate of drug-likeness (QED) is 0.133. The number of para-hydroxylation sites is 1. The van der Waals surface area contributed by atoms with Crippen LogP contribution in [0.3, 0.4) is 0 Å². The summed E-state index contributed by atoms with van der Waals surface area (Å²) in [5.41, 5.74) is -0.446. The van der Waals surface area contributed by atoms with E-state index in [9.17, 15) is 13.2 Å². The number of aryl methyl sites for hydroxylation is 1. The number of hydrogen-bond acceptors (Lipinski definition) is 6. The summed E-state index contributed by atoms with van der Waals surface area (Å²) < 4.78 is 68.3. The number of ether oxygens (including phenoxy) is 1. The van der Waals surface area contributed by atoms with Crippen molar-refractivity contribution < 1.29 is 35.4 Å². The molecule has 1 aromatic carbocycles. The first kappa shape index (κ1) is 36.3. The molecule has 2 saturated heterocycles. The van der Waals surface area contributed by atoms with Gasteiger partial charge in [-0.15, -0.1) is 0 Å². The maximum atomic E-state index is 10.7. The van der Waals surface area contributed by atoms with Gasteiger partial charge in [-0.1, -0.05) is 42.5 Å². The molecule has 5 aliphatic rings. The smallest absolute Gasteiger partial charge is 0.485 e. The van der Waals surface area contributed by atoms with Crippen molar-refractivity contribution in [3.63, 3.8) is 0 Å². The van der Waals surface area contributed by atoms with Crippen molar-refractivity contribution in [3.8, 4) is 0 Å². The van der Waals surface area contributed by atoms with Gasteiger partial charge in [0.05, 0.1) is 6.04 Å². The molecule has 2 fully saturated rings. The first-order valence-electron chi connectivity index (χ1n) is 18.4. The molecule has 8 rings (SSSR count). The summed E-state index contributed by atoms with van der Waals surface area (Å²) in [7, 11) is -1.82. The molecule has 8 nitrogen and oxygen atoms in total. The molecule has 6 atom stereocenters. The predicted molar refractivity (Wildman–Crippen MR) is 192 cm³/mol. The number of pyridine rings is 1. The van der Waals surface area contributed by atoms with Crippen LogP contribution in [-0.2, 0) is 21.9 Å². The number of aromatic amines is 1. The minimum absolute atomic E-state index is 0.149. The molecule has 0 radical (unpaired) electrons. The number of nitrogens with zero attached hydrogens (tertiary/aromatic N) is 3. The van der Waals surface area contributed by atoms with E-state index in [-0.39, 0.29) is 11.0 Å². The van der Waals surface area contributed by atoms with Gasteiger partial charge in [0.15, 0.2) is 16.3 Å². The van der Waals surface area contributed by atoms with Crippen molar-refractivity contribution in [1.82, 2.24) is 14.8 Å². The zero-order valence-corrected chi connectivity index (χ0v) is 30.3. The lowest BCUT2D eigenvalue weighted by molar-refractivity contribution is -0.672. The second-order valence-electron chi connectivity index (χ2n) is 15.1. The van der Waals surface area contributed by atoms with Gasteiger partial charge in [-0.25, -0.2) is 8.42 Å². The van der Waals surface area contributed by atoms with E-state index >= 15 is 0 Å². The Morgan fingerprint density at radius 2 is 1.71 bits per heavy atom. The van der Waals surface area contributed by atoms with Gasteiger partial charge < -0.3 is 19.2 Å². The Hall–Kier alpha value is -3.03. The molecule has 0 amide bonds. The van der Waals surface area contributed by atoms with Crippen molar-refractivity contribution in [2.75, 3.05) is 33.3 Å². The topological polar surface area (TPSA) is 92.6 Å². The van der Waals surface area contributed by atoms with Gasteiger partial charge in [0.2, 0.25) is 5.69 Å². The first-order valence-corrected chi connectivity index (χ1v) is 19.8. The molecule has 276 valence electrons. The van der Waals surface area contributed by atoms with E-state index in [4.69, 9.17) is 17.7 Å². The van der Waals surface area contributed by atoms with Crippen molar-refractivity contribution in [2.24, 2.45) is 18.4 Å². The highest BCUT2D eigenvalue weighted by Crippen LogP contribution is 2.62. The van der Waals surface area contributed by atoms with Crippen LogP contribution in [0.15, 0.2) is 66.9 Å². The van der Waals surface area contributed by atoms with Gasteiger partial charge >= 0.3 is 5.51 Å². The number of rotatable bonds is 2. The van der Waals surface area contributed by atoms with Crippen LogP contribution in [0.4, 0.5) is 13.2 Å². The van der Waals surface area contributed by atoms with Gasteiger partial charge in [-0.3, -0.25) is 4.90 Å². The molecule has 3 aromatic rings. The number of methoxy groups -OCH3 is 1. The van der Waals surface area contributed by atoms with Crippen molar-refractivity contribution in [2.45, 2.75) is 87.4 Å². The van der Waals surface area contributed by atoms with Gasteiger partial charge in [0.25, 0.3) is 0 Å². The first-order chi connectivity index (χ1) is 24.4. The van der Waals surface area contributed by atoms with Crippen molar-refractivity contribution in [3.05, 3.63) is 72.6 Å². The van der Waals surface area contributed by atoms with Crippen molar-refractivity contribution >= 4 is 37.5 Å². The maximum absolute atomic E-state index is 10.7. The number of halogens is 3. The van der Waals surface area contributed by atoms with Gasteiger partial charge in [-0.05, 0) is 96.0 Å². The SMILES string of the molecule is CO[C@]12C=C(c3c4[nH]c5ccccc5c4cc[n+]3C)C3CCN(CCCC/C=C\CC1)C[C@@]31C[C@@H]3/C=C\CCCCN3[C@H]12.O=S(=O)([O-])C(F)(F)F. The Morgan fingerprint density at radius 1 is 0.980 bits per heavy atom. The molecule has 4 aliphatic heterocycles. The number of hydrogen-bond donors (Lipinski definition) is 1. The van der Waals surface area contributed by atoms with Crippen LogP contribution in [-0.4, -0.2) is 84.2 Å². The zero-order chi connectivity index (χ0) is 36.0. The Kier molecular flexibility index (Phi) is 10.0. The van der Waals surface area contributed by atoms with Crippen LogP contribution in [0, 0.1) is 11.3 Å². The molecule has 1 N–H and O–H groups in total. The minimum atomic E-state index is -6.09. The summed E-state index contributed by atoms with van der Waals surface area (Å²) in [6.45, 7) is 4.79. The number of alkyl halides is 3. The average molecular weight is 727 g/mol. The third-order valence-electron chi connectivity index (χ3n) is 12.2. The van der Waals surface area contributed by atoms with Crippen LogP contribution < -0.4 is 4.57 Å². The Balaban J connectivity index is 0.000000457. The molecule has 51 heavy (non-hydrogen) atoms. The summed E-state index contributed by atoms with van der Waals surface area (Å²) in [4.78, 5) is 9.67. The van der Waals surface area contributed by atoms with Crippen LogP contribution in [0.1, 0.15) is 69.9 Å². The Morgan fingerprint density at radius 3 is 2.47 bits per heavy atom. The number of piperidine rings is 1. The van der Waals surface area contributed by atoms with Gasteiger partial charge in [0.1, 0.15) is 18.2 Å². The van der Waals surface area contributed by atoms with E-state index in [0.29, 0.717) is 18.0 Å². The highest BCUT2D eigenvalue weighted by Gasteiger charge is 2.67. The van der Waals surface area contributed by atoms with Crippen molar-refractivity contribution in [1.29, 1.82) is 0 Å². The third-order valence-corrected chi connectivity index (χ3v) is 12.7. The molecular formula is C39H49F3N4O4S. The predicted octanol–water partition coefficient (Wildman–Crippen LogP) is 6.99. The average Bonchev–Trinajstić information content (AvgIpc) is 3.59. The van der Waals surface area contributed by atoms with Crippen LogP contribution >= 0.6 is 0 Å². The molecule has 12 heteroatoms. The molecule has 2 unspecified atom stereocenters. The standard InChI is InChI=1S/C38H48N4O.CHF3O3S/c1-40-23-18-30-29-16-10-11-17-33(29)39-34(30)35(40)31-26-38(43-2)20-12-6-3-4-7-13-21-41-24-19-32(31)37(27-41)25-28-15-9-5-8-14-22-42(28)36(37)38;2-1(3,4)8(5,6)7/h3,6,9-11,15-18,23,26,28,32,36H,4-5,7-8,12-14,19-22,24-25,27H2,1-2H3;(H,5,6,7)/b6-3-,15-9-;/t28-,32?,36+,37-,38-;/m0./s1. The Labute approximate surface area is 298 Å². The van der Waals surface area contributed by atoms with E-state index in [1.165, 1.54) is 111 Å². The lowest BCUT2D eigenvalue weighted by Gasteiger charge is -2.58. The van der Waals surface area contributed by atoms with Crippen LogP contribution in [0.2, 0.25) is 0 Å². The van der Waals surface area contributed by atoms with E-state index in [1.54, 1.807) is 0 Å². The Bertz CT molecular complexity index is 1960. The highest BCUT2D eigenvalue weighted by molar-refractivity contribution is 7.86. The minimum Gasteiger partial charge on any atom is -0.741 e. The molecule has 3 bridgehead atoms. The molecule has 1 aliphatic carbocycles. The normalized spacial score (nSPS) is 32.9. The fourth-order valence-electron chi connectivity index (χ4n) is 10.1. The van der Waals surface area contributed by atoms with E-state index in [1.807, 2.05) is 7.11 Å². The fraction of sp³-hybridized carbons (Fsp3) is 0.564. The number of benzene rings is 1. The number of fused-ring (bicyclic) bond motifs is 5. The number of allylic oxidation sites excluding steroid dienone is 4. The van der Waals surface area contributed by atoms with E-state index < -0.39 is 15.6 Å². The highest BCUT2D eigenvalue weighted by atomic mass is 32.2. The number of aromatic nitrogens is 2. The zero-order valence-electron chi connectivity index (χ0n) is 29.5. The lowest BCUT2D eigenvalue weighted by Crippen LogP contribution is -2.66. The van der Waals surface area contributed by atoms with Crippen LogP contribution in [0.5, 0.6) is 0 Å². The summed E-state index contributed by atoms with van der Waals surface area (Å²) in [6, 6.07) is 12.0. The number of H-pyrrole nitrogens is 1. The molecule has 6 heterocycles. The third kappa shape index (κ3) is 6.60. The summed E-state index contributed by atoms with van der Waals surface area (Å²) in [5, 5.41) is 2.64. The van der Waals surface area contributed by atoms with Crippen LogP contribution in [0.25, 0.3) is 27.4 Å². The molecular weight excluding hydrogens is 678 g/mol. The molecule has 1 spiro atoms. The maximum Gasteiger partial charge on any atom is 0.485 e. The van der Waals surface area contributed by atoms with E-state index in [0.717, 1.165) is 12.8 Å². The largest absolute Gasteiger partial charge is 0.741 e. The fourth-order valence-corrected chi connectivity index (χ4v) is 10.1. The summed E-state index contributed by atoms with van der Waals surface area (Å²) in [6.07, 6.45) is 27.1. The van der Waals surface area contributed by atoms with E-state index in [2.05, 4.69) is 93.3 Å². The number of nitrogens with one attached hydrogen (secondary N) is 1. The van der Waals surface area contributed by atoms with Gasteiger partial charge in [0, 0.05) is 59.0 Å².